The summed E-state index contributed by atoms with van der Waals surface area (Å²) in [5.74, 6) is 0.514. The number of nitrogens with one attached hydrogen (secondary N) is 1. The van der Waals surface area contributed by atoms with Gasteiger partial charge in [-0.15, -0.1) is 0 Å². The van der Waals surface area contributed by atoms with E-state index in [9.17, 15) is 0 Å². The predicted octanol–water partition coefficient (Wildman–Crippen LogP) is 4.03. The molecule has 0 spiro atoms. The molecule has 0 saturated carbocycles. The minimum atomic E-state index is 0.157. The maximum absolute atomic E-state index is 5.61. The van der Waals surface area contributed by atoms with Gasteiger partial charge in [-0.2, -0.15) is 0 Å². The SMILES string of the molecule is CCOCC(CNC(C)(C)C)Cc1ccc(Br)cc1. The van der Waals surface area contributed by atoms with Crippen LogP contribution in [0.5, 0.6) is 0 Å². The number of benzene rings is 1. The summed E-state index contributed by atoms with van der Waals surface area (Å²) < 4.78 is 6.74. The molecular weight excluding hydrogens is 302 g/mol. The molecule has 0 fully saturated rings. The van der Waals surface area contributed by atoms with E-state index in [1.165, 1.54) is 5.56 Å². The van der Waals surface area contributed by atoms with Crippen molar-refractivity contribution < 1.29 is 4.74 Å². The fraction of sp³-hybridized carbons (Fsp3) is 0.625. The van der Waals surface area contributed by atoms with Crippen molar-refractivity contribution >= 4 is 15.9 Å². The average Bonchev–Trinajstić information content (AvgIpc) is 2.34. The molecule has 1 aromatic rings. The predicted molar refractivity (Wildman–Crippen MR) is 85.6 cm³/mol. The highest BCUT2D eigenvalue weighted by Gasteiger charge is 2.15. The molecule has 0 aliphatic heterocycles. The largest absolute Gasteiger partial charge is 0.381 e. The van der Waals surface area contributed by atoms with E-state index < -0.39 is 0 Å². The van der Waals surface area contributed by atoms with E-state index in [1.807, 2.05) is 6.92 Å². The maximum atomic E-state index is 5.61. The summed E-state index contributed by atoms with van der Waals surface area (Å²) in [6, 6.07) is 8.56. The summed E-state index contributed by atoms with van der Waals surface area (Å²) in [6.45, 7) is 11.2. The van der Waals surface area contributed by atoms with Crippen molar-refractivity contribution in [2.24, 2.45) is 5.92 Å². The molecule has 3 heteroatoms. The molecule has 0 saturated heterocycles. The molecule has 0 aliphatic carbocycles. The van der Waals surface area contributed by atoms with Crippen LogP contribution < -0.4 is 5.32 Å². The van der Waals surface area contributed by atoms with Gasteiger partial charge in [-0.25, -0.2) is 0 Å². The van der Waals surface area contributed by atoms with Gasteiger partial charge in [-0.1, -0.05) is 28.1 Å². The first-order chi connectivity index (χ1) is 8.90. The van der Waals surface area contributed by atoms with Crippen LogP contribution in [-0.4, -0.2) is 25.3 Å². The second-order valence-corrected chi connectivity index (χ2v) is 6.90. The highest BCUT2D eigenvalue weighted by molar-refractivity contribution is 9.10. The quantitative estimate of drug-likeness (QED) is 0.816. The Bertz CT molecular complexity index is 356. The molecular formula is C16H26BrNO. The molecule has 19 heavy (non-hydrogen) atoms. The van der Waals surface area contributed by atoms with Gasteiger partial charge in [-0.05, 0) is 57.7 Å². The topological polar surface area (TPSA) is 21.3 Å². The Kier molecular flexibility index (Phi) is 7.05. The summed E-state index contributed by atoms with van der Waals surface area (Å²) in [4.78, 5) is 0. The van der Waals surface area contributed by atoms with Crippen molar-refractivity contribution in [1.29, 1.82) is 0 Å². The molecule has 108 valence electrons. The van der Waals surface area contributed by atoms with Crippen LogP contribution in [0.4, 0.5) is 0 Å². The number of hydrogen-bond donors (Lipinski definition) is 1. The van der Waals surface area contributed by atoms with Crippen LogP contribution in [0, 0.1) is 5.92 Å². The summed E-state index contributed by atoms with van der Waals surface area (Å²) in [6.07, 6.45) is 1.05. The number of rotatable bonds is 7. The van der Waals surface area contributed by atoms with Crippen molar-refractivity contribution in [3.63, 3.8) is 0 Å². The lowest BCUT2D eigenvalue weighted by molar-refractivity contribution is 0.107. The molecule has 1 aromatic carbocycles. The molecule has 0 aliphatic rings. The van der Waals surface area contributed by atoms with Gasteiger partial charge in [0.2, 0.25) is 0 Å². The fourth-order valence-electron chi connectivity index (χ4n) is 1.88. The van der Waals surface area contributed by atoms with Gasteiger partial charge in [0.15, 0.2) is 0 Å². The van der Waals surface area contributed by atoms with Crippen molar-refractivity contribution in [3.05, 3.63) is 34.3 Å². The van der Waals surface area contributed by atoms with Crippen LogP contribution in [0.25, 0.3) is 0 Å². The van der Waals surface area contributed by atoms with Gasteiger partial charge in [0, 0.05) is 23.2 Å². The molecule has 0 aromatic heterocycles. The van der Waals surface area contributed by atoms with Crippen LogP contribution in [0.15, 0.2) is 28.7 Å². The third-order valence-electron chi connectivity index (χ3n) is 2.92. The molecule has 0 bridgehead atoms. The van der Waals surface area contributed by atoms with E-state index in [0.717, 1.165) is 30.7 Å². The summed E-state index contributed by atoms with van der Waals surface area (Å²) in [7, 11) is 0. The Labute approximate surface area is 126 Å². The van der Waals surface area contributed by atoms with Crippen LogP contribution in [0.1, 0.15) is 33.3 Å². The van der Waals surface area contributed by atoms with Gasteiger partial charge in [0.1, 0.15) is 0 Å². The third kappa shape index (κ3) is 7.71. The first kappa shape index (κ1) is 16.7. The van der Waals surface area contributed by atoms with Gasteiger partial charge in [-0.3, -0.25) is 0 Å². The van der Waals surface area contributed by atoms with E-state index in [2.05, 4.69) is 66.3 Å². The lowest BCUT2D eigenvalue weighted by atomic mass is 9.98. The maximum Gasteiger partial charge on any atom is 0.0509 e. The van der Waals surface area contributed by atoms with Gasteiger partial charge in [0.05, 0.1) is 6.61 Å². The molecule has 1 atom stereocenters. The van der Waals surface area contributed by atoms with E-state index in [1.54, 1.807) is 0 Å². The van der Waals surface area contributed by atoms with Gasteiger partial charge >= 0.3 is 0 Å². The first-order valence-corrected chi connectivity index (χ1v) is 7.77. The van der Waals surface area contributed by atoms with Gasteiger partial charge < -0.3 is 10.1 Å². The molecule has 2 nitrogen and oxygen atoms in total. The first-order valence-electron chi connectivity index (χ1n) is 6.98. The Morgan fingerprint density at radius 2 is 1.84 bits per heavy atom. The Morgan fingerprint density at radius 1 is 1.21 bits per heavy atom. The monoisotopic (exact) mass is 327 g/mol. The lowest BCUT2D eigenvalue weighted by Gasteiger charge is -2.25. The molecule has 0 heterocycles. The molecule has 1 rings (SSSR count). The Balaban J connectivity index is 2.55. The number of ether oxygens (including phenoxy) is 1. The van der Waals surface area contributed by atoms with Crippen LogP contribution in [0.3, 0.4) is 0 Å². The van der Waals surface area contributed by atoms with Crippen molar-refractivity contribution in [2.75, 3.05) is 19.8 Å². The zero-order valence-electron chi connectivity index (χ0n) is 12.5. The zero-order chi connectivity index (χ0) is 14.3. The molecule has 1 N–H and O–H groups in total. The number of hydrogen-bond acceptors (Lipinski definition) is 2. The molecule has 0 radical (unpaired) electrons. The van der Waals surface area contributed by atoms with E-state index in [4.69, 9.17) is 4.74 Å². The van der Waals surface area contributed by atoms with Crippen LogP contribution in [0.2, 0.25) is 0 Å². The van der Waals surface area contributed by atoms with Crippen LogP contribution >= 0.6 is 15.9 Å². The van der Waals surface area contributed by atoms with Crippen molar-refractivity contribution in [3.8, 4) is 0 Å². The van der Waals surface area contributed by atoms with Crippen LogP contribution in [-0.2, 0) is 11.2 Å². The Morgan fingerprint density at radius 3 is 2.37 bits per heavy atom. The lowest BCUT2D eigenvalue weighted by Crippen LogP contribution is -2.40. The normalized spacial score (nSPS) is 13.5. The van der Waals surface area contributed by atoms with E-state index in [0.29, 0.717) is 5.92 Å². The minimum Gasteiger partial charge on any atom is -0.381 e. The molecule has 0 amide bonds. The summed E-state index contributed by atoms with van der Waals surface area (Å²) >= 11 is 3.47. The second-order valence-electron chi connectivity index (χ2n) is 5.99. The van der Waals surface area contributed by atoms with Crippen molar-refractivity contribution in [2.45, 2.75) is 39.7 Å². The van der Waals surface area contributed by atoms with Gasteiger partial charge in [0.25, 0.3) is 0 Å². The zero-order valence-corrected chi connectivity index (χ0v) is 14.1. The standard InChI is InChI=1S/C16H26BrNO/c1-5-19-12-14(11-18-16(2,3)4)10-13-6-8-15(17)9-7-13/h6-9,14,18H,5,10-12H2,1-4H3. The van der Waals surface area contributed by atoms with E-state index >= 15 is 0 Å². The highest BCUT2D eigenvalue weighted by Crippen LogP contribution is 2.15. The Hall–Kier alpha value is -0.380. The smallest absolute Gasteiger partial charge is 0.0509 e. The second kappa shape index (κ2) is 8.03. The van der Waals surface area contributed by atoms with E-state index in [-0.39, 0.29) is 5.54 Å². The average molecular weight is 328 g/mol. The minimum absolute atomic E-state index is 0.157. The summed E-state index contributed by atoms with van der Waals surface area (Å²) in [5.41, 5.74) is 1.52. The number of halogens is 1. The van der Waals surface area contributed by atoms with Crippen molar-refractivity contribution in [1.82, 2.24) is 5.32 Å². The summed E-state index contributed by atoms with van der Waals surface area (Å²) in [5, 5.41) is 3.57. The molecule has 1 unspecified atom stereocenters. The highest BCUT2D eigenvalue weighted by atomic mass is 79.9. The third-order valence-corrected chi connectivity index (χ3v) is 3.45. The fourth-order valence-corrected chi connectivity index (χ4v) is 2.14.